The Labute approximate surface area is 288 Å². The second-order valence-electron chi connectivity index (χ2n) is 14.5. The van der Waals surface area contributed by atoms with Crippen molar-refractivity contribution < 1.29 is 17.9 Å². The Morgan fingerprint density at radius 2 is 1.76 bits per heavy atom. The number of carbonyl (C=O) groups is 1. The largest absolute Gasteiger partial charge is 0.475 e. The van der Waals surface area contributed by atoms with Crippen molar-refractivity contribution in [1.29, 1.82) is 0 Å². The third-order valence-electron chi connectivity index (χ3n) is 10.1. The van der Waals surface area contributed by atoms with Crippen LogP contribution in [-0.4, -0.2) is 64.4 Å². The summed E-state index contributed by atoms with van der Waals surface area (Å²) in [6, 6.07) is 13.8. The van der Waals surface area contributed by atoms with Gasteiger partial charge in [0.1, 0.15) is 12.4 Å². The molecule has 0 unspecified atom stereocenters. The molecule has 1 saturated heterocycles. The molecule has 7 rings (SSSR count). The fourth-order valence-corrected chi connectivity index (χ4v) is 8.70. The highest BCUT2D eigenvalue weighted by Crippen LogP contribution is 2.48. The SMILES string of the molecule is Cc1cccc(C)c1-c1cc2nc(n1)NS(=O)(=O)c1cccc(c1)C(=O)N(Cc1cncc(N3CCC[C@@H]3C)n1)[C@H](C1CC(C)(C)C1)CO2. The Morgan fingerprint density at radius 3 is 2.47 bits per heavy atom. The number of aromatic nitrogens is 4. The number of rotatable bonds is 5. The Balaban J connectivity index is 1.34. The topological polar surface area (TPSA) is 131 Å². The number of hydrogen-bond donors (Lipinski definition) is 1. The molecule has 256 valence electrons. The quantitative estimate of drug-likeness (QED) is 0.262. The van der Waals surface area contributed by atoms with Gasteiger partial charge in [-0.25, -0.2) is 23.1 Å². The van der Waals surface area contributed by atoms with Gasteiger partial charge >= 0.3 is 0 Å². The molecule has 2 atom stereocenters. The lowest BCUT2D eigenvalue weighted by atomic mass is 9.62. The third-order valence-corrected chi connectivity index (χ3v) is 11.5. The fourth-order valence-electron chi connectivity index (χ4n) is 7.71. The molecule has 1 aliphatic carbocycles. The fraction of sp³-hybridized carbons (Fsp3) is 0.432. The van der Waals surface area contributed by atoms with Gasteiger partial charge < -0.3 is 14.5 Å². The van der Waals surface area contributed by atoms with Gasteiger partial charge in [-0.2, -0.15) is 4.98 Å². The minimum Gasteiger partial charge on any atom is -0.475 e. The molecule has 4 heterocycles. The molecule has 1 saturated carbocycles. The van der Waals surface area contributed by atoms with Crippen LogP contribution in [0.4, 0.5) is 11.8 Å². The predicted octanol–water partition coefficient (Wildman–Crippen LogP) is 6.18. The van der Waals surface area contributed by atoms with Crippen molar-refractivity contribution in [2.24, 2.45) is 11.3 Å². The summed E-state index contributed by atoms with van der Waals surface area (Å²) in [5, 5.41) is 0. The predicted molar refractivity (Wildman–Crippen MR) is 188 cm³/mol. The molecule has 12 heteroatoms. The molecule has 11 nitrogen and oxygen atoms in total. The van der Waals surface area contributed by atoms with E-state index in [1.807, 2.05) is 32.0 Å². The normalized spacial score (nSPS) is 21.9. The summed E-state index contributed by atoms with van der Waals surface area (Å²) in [6.07, 6.45) is 7.49. The molecular weight excluding hydrogens is 639 g/mol. The number of aryl methyl sites for hydroxylation is 2. The van der Waals surface area contributed by atoms with E-state index < -0.39 is 10.0 Å². The number of nitrogens with zero attached hydrogens (tertiary/aromatic N) is 6. The summed E-state index contributed by atoms with van der Waals surface area (Å²) < 4.78 is 36.5. The molecule has 2 fully saturated rings. The Kier molecular flexibility index (Phi) is 8.54. The zero-order valence-electron chi connectivity index (χ0n) is 28.7. The van der Waals surface area contributed by atoms with Crippen LogP contribution in [0.5, 0.6) is 5.88 Å². The van der Waals surface area contributed by atoms with E-state index >= 15 is 0 Å². The molecule has 0 radical (unpaired) electrons. The van der Waals surface area contributed by atoms with Gasteiger partial charge in [0, 0.05) is 29.8 Å². The maximum absolute atomic E-state index is 14.6. The van der Waals surface area contributed by atoms with Crippen LogP contribution in [-0.2, 0) is 16.6 Å². The zero-order chi connectivity index (χ0) is 34.5. The first-order valence-electron chi connectivity index (χ1n) is 17.0. The Hall–Kier alpha value is -4.58. The van der Waals surface area contributed by atoms with Gasteiger partial charge in [0.25, 0.3) is 15.9 Å². The summed E-state index contributed by atoms with van der Waals surface area (Å²) in [7, 11) is -4.17. The van der Waals surface area contributed by atoms with Crippen molar-refractivity contribution in [3.8, 4) is 17.1 Å². The molecule has 4 bridgehead atoms. The summed E-state index contributed by atoms with van der Waals surface area (Å²) in [6.45, 7) is 11.9. The highest BCUT2D eigenvalue weighted by Gasteiger charge is 2.44. The van der Waals surface area contributed by atoms with E-state index in [2.05, 4.69) is 45.3 Å². The maximum atomic E-state index is 14.6. The first-order chi connectivity index (χ1) is 23.4. The van der Waals surface area contributed by atoms with Gasteiger partial charge in [0.15, 0.2) is 0 Å². The van der Waals surface area contributed by atoms with Gasteiger partial charge in [0.2, 0.25) is 11.8 Å². The number of sulfonamides is 1. The molecule has 1 amide bonds. The van der Waals surface area contributed by atoms with Crippen LogP contribution in [0.15, 0.2) is 65.8 Å². The van der Waals surface area contributed by atoms with Crippen molar-refractivity contribution >= 4 is 27.7 Å². The van der Waals surface area contributed by atoms with Crippen LogP contribution in [0.1, 0.15) is 73.6 Å². The van der Waals surface area contributed by atoms with Crippen molar-refractivity contribution in [3.05, 3.63) is 83.3 Å². The highest BCUT2D eigenvalue weighted by atomic mass is 32.2. The van der Waals surface area contributed by atoms with E-state index in [-0.39, 0.29) is 58.7 Å². The summed E-state index contributed by atoms with van der Waals surface area (Å²) in [5.74, 6) is 0.753. The third kappa shape index (κ3) is 6.70. The van der Waals surface area contributed by atoms with Crippen molar-refractivity contribution in [2.75, 3.05) is 22.8 Å². The Morgan fingerprint density at radius 1 is 1.00 bits per heavy atom. The van der Waals surface area contributed by atoms with Gasteiger partial charge in [0.05, 0.1) is 41.3 Å². The Bertz CT molecular complexity index is 1990. The van der Waals surface area contributed by atoms with Crippen LogP contribution in [0, 0.1) is 25.2 Å². The van der Waals surface area contributed by atoms with E-state index in [4.69, 9.17) is 9.72 Å². The lowest BCUT2D eigenvalue weighted by Crippen LogP contribution is -2.53. The van der Waals surface area contributed by atoms with Crippen LogP contribution in [0.3, 0.4) is 0 Å². The molecule has 2 aromatic heterocycles. The van der Waals surface area contributed by atoms with Gasteiger partial charge in [-0.15, -0.1) is 0 Å². The number of amides is 1. The minimum atomic E-state index is -4.17. The summed E-state index contributed by atoms with van der Waals surface area (Å²) in [5.41, 5.74) is 4.43. The van der Waals surface area contributed by atoms with E-state index in [0.717, 1.165) is 54.7 Å². The molecule has 3 aliphatic rings. The van der Waals surface area contributed by atoms with Crippen LogP contribution in [0.2, 0.25) is 0 Å². The molecule has 0 spiro atoms. The van der Waals surface area contributed by atoms with E-state index in [1.54, 1.807) is 35.5 Å². The minimum absolute atomic E-state index is 0.0628. The number of ether oxygens (including phenoxy) is 1. The van der Waals surface area contributed by atoms with E-state index in [1.165, 1.54) is 12.1 Å². The van der Waals surface area contributed by atoms with Gasteiger partial charge in [-0.05, 0) is 87.1 Å². The number of nitrogens with one attached hydrogen (secondary N) is 1. The first-order valence-corrected chi connectivity index (χ1v) is 18.5. The molecular formula is C37H43N7O4S. The van der Waals surface area contributed by atoms with Crippen LogP contribution in [0.25, 0.3) is 11.3 Å². The average molecular weight is 682 g/mol. The molecule has 4 aromatic rings. The number of carbonyl (C=O) groups excluding carboxylic acids is 1. The first kappa shape index (κ1) is 32.9. The molecule has 2 aromatic carbocycles. The molecule has 49 heavy (non-hydrogen) atoms. The second-order valence-corrected chi connectivity index (χ2v) is 16.2. The van der Waals surface area contributed by atoms with Crippen molar-refractivity contribution in [2.45, 2.75) is 83.8 Å². The summed E-state index contributed by atoms with van der Waals surface area (Å²) >= 11 is 0. The van der Waals surface area contributed by atoms with Gasteiger partial charge in [-0.3, -0.25) is 9.78 Å². The lowest BCUT2D eigenvalue weighted by molar-refractivity contribution is -0.00721. The smallest absolute Gasteiger partial charge is 0.264 e. The zero-order valence-corrected chi connectivity index (χ0v) is 29.5. The van der Waals surface area contributed by atoms with Gasteiger partial charge in [-0.1, -0.05) is 38.1 Å². The van der Waals surface area contributed by atoms with E-state index in [9.17, 15) is 13.2 Å². The van der Waals surface area contributed by atoms with Crippen LogP contribution >= 0.6 is 0 Å². The second kappa shape index (κ2) is 12.7. The number of fused-ring (bicyclic) bond motifs is 4. The average Bonchev–Trinajstić information content (AvgIpc) is 3.48. The highest BCUT2D eigenvalue weighted by molar-refractivity contribution is 7.92. The number of anilines is 2. The maximum Gasteiger partial charge on any atom is 0.264 e. The number of hydrogen-bond acceptors (Lipinski definition) is 9. The monoisotopic (exact) mass is 681 g/mol. The summed E-state index contributed by atoms with van der Waals surface area (Å²) in [4.78, 5) is 37.3. The van der Waals surface area contributed by atoms with E-state index in [0.29, 0.717) is 17.4 Å². The molecule has 1 N–H and O–H groups in total. The number of benzene rings is 2. The van der Waals surface area contributed by atoms with Crippen molar-refractivity contribution in [3.63, 3.8) is 0 Å². The standard InChI is InChI=1S/C37H43N7O4S/c1-23-9-6-10-24(2)34(23)30-16-33-41-36(40-30)42-49(46,47)29-13-7-12-26(15-29)35(45)44(31(22-48-33)27-17-37(4,5)18-27)21-28-19-38-20-32(39-28)43-14-8-11-25(43)3/h6-7,9-10,12-13,15-16,19-20,25,27,31H,8,11,14,17-18,21-22H2,1-5H3,(H,40,41,42)/t25-,31-/m0/s1. The molecule has 2 aliphatic heterocycles. The van der Waals surface area contributed by atoms with Crippen molar-refractivity contribution in [1.82, 2.24) is 24.8 Å². The van der Waals surface area contributed by atoms with Crippen LogP contribution < -0.4 is 14.4 Å². The lowest BCUT2D eigenvalue weighted by Gasteiger charge is -2.49.